The summed E-state index contributed by atoms with van der Waals surface area (Å²) in [5.74, 6) is 0.660. The van der Waals surface area contributed by atoms with Gasteiger partial charge in [0.05, 0.1) is 6.61 Å². The summed E-state index contributed by atoms with van der Waals surface area (Å²) < 4.78 is 5.50. The largest absolute Gasteiger partial charge is 1.00 e. The van der Waals surface area contributed by atoms with Crippen molar-refractivity contribution >= 4 is 5.78 Å². The quantitative estimate of drug-likeness (QED) is 0.537. The number of carbonyl (C=O) groups excluding carboxylic acids is 1. The molecule has 0 radical (unpaired) electrons. The predicted molar refractivity (Wildman–Crippen MR) is 69.4 cm³/mol. The molecule has 0 aliphatic heterocycles. The first-order valence-electron chi connectivity index (χ1n) is 5.60. The van der Waals surface area contributed by atoms with Crippen LogP contribution in [0.3, 0.4) is 0 Å². The second-order valence-electron chi connectivity index (χ2n) is 3.72. The second-order valence-corrected chi connectivity index (χ2v) is 3.72. The van der Waals surface area contributed by atoms with E-state index in [1.54, 1.807) is 0 Å². The first-order valence-corrected chi connectivity index (χ1v) is 5.60. The van der Waals surface area contributed by atoms with E-state index in [9.17, 15) is 4.79 Å². The number of Topliss-reactive ketones (excluding diaryl/α,β-unsaturated/α-hetero) is 1. The molecule has 1 rings (SSSR count). The molecule has 0 aliphatic carbocycles. The van der Waals surface area contributed by atoms with Crippen LogP contribution in [0.15, 0.2) is 24.3 Å². The predicted octanol–water partition coefficient (Wildman–Crippen LogP) is -0.390. The Morgan fingerprint density at radius 2 is 1.89 bits per heavy atom. The molecule has 0 spiro atoms. The molecule has 96 valence electrons. The van der Waals surface area contributed by atoms with Crippen LogP contribution in [0.4, 0.5) is 0 Å². The third-order valence-corrected chi connectivity index (χ3v) is 2.27. The third kappa shape index (κ3) is 7.88. The molecule has 0 aromatic heterocycles. The van der Waals surface area contributed by atoms with Gasteiger partial charge < -0.3 is 9.84 Å². The van der Waals surface area contributed by atoms with Crippen LogP contribution >= 0.6 is 0 Å². The number of aliphatic hydroxyl groups is 1. The maximum Gasteiger partial charge on any atom is 1.00 e. The van der Waals surface area contributed by atoms with Crippen molar-refractivity contribution in [2.24, 2.45) is 0 Å². The Labute approximate surface area is 132 Å². The molecule has 1 aromatic carbocycles. The van der Waals surface area contributed by atoms with Gasteiger partial charge in [-0.15, -0.1) is 0 Å². The Morgan fingerprint density at radius 3 is 2.39 bits per heavy atom. The summed E-state index contributed by atoms with van der Waals surface area (Å²) in [7, 11) is 0. The van der Waals surface area contributed by atoms with Gasteiger partial charge in [0.2, 0.25) is 0 Å². The standard InChI is InChI=1S/C13H18O3.CH4.Na/c1-2-3-8-16-13-6-4-11(5-7-13)9-12(15)10-14;;/h4-7,14H,2-3,8-10H2,1H3;1H4;/q;;+1. The SMILES string of the molecule is C.CCCCOc1ccc(CC(=O)CO)cc1.[Na+]. The monoisotopic (exact) mass is 261 g/mol. The number of carbonyl (C=O) groups is 1. The molecule has 0 heterocycles. The molecule has 3 nitrogen and oxygen atoms in total. The summed E-state index contributed by atoms with van der Waals surface area (Å²) in [6.45, 7) is 2.45. The van der Waals surface area contributed by atoms with Crippen molar-refractivity contribution < 1.29 is 44.2 Å². The first kappa shape index (κ1) is 20.0. The minimum atomic E-state index is -0.394. The van der Waals surface area contributed by atoms with Crippen molar-refractivity contribution in [2.75, 3.05) is 13.2 Å². The zero-order chi connectivity index (χ0) is 11.8. The molecule has 0 saturated heterocycles. The zero-order valence-electron chi connectivity index (χ0n) is 10.6. The summed E-state index contributed by atoms with van der Waals surface area (Å²) in [5, 5.41) is 8.62. The van der Waals surface area contributed by atoms with Gasteiger partial charge >= 0.3 is 29.6 Å². The van der Waals surface area contributed by atoms with Gasteiger partial charge in [-0.3, -0.25) is 4.79 Å². The van der Waals surface area contributed by atoms with Crippen LogP contribution in [-0.2, 0) is 11.2 Å². The normalized spacial score (nSPS) is 9.00. The number of ether oxygens (including phenoxy) is 1. The average molecular weight is 261 g/mol. The molecule has 0 atom stereocenters. The fourth-order valence-corrected chi connectivity index (χ4v) is 1.32. The van der Waals surface area contributed by atoms with E-state index in [0.29, 0.717) is 0 Å². The molecule has 18 heavy (non-hydrogen) atoms. The second kappa shape index (κ2) is 11.7. The van der Waals surface area contributed by atoms with Crippen LogP contribution in [0.25, 0.3) is 0 Å². The zero-order valence-corrected chi connectivity index (χ0v) is 12.6. The van der Waals surface area contributed by atoms with Crippen molar-refractivity contribution in [1.82, 2.24) is 0 Å². The summed E-state index contributed by atoms with van der Waals surface area (Å²) in [6.07, 6.45) is 2.44. The Kier molecular flexibility index (Phi) is 13.0. The molecule has 0 fully saturated rings. The molecular formula is C14H22NaO3+. The van der Waals surface area contributed by atoms with E-state index in [-0.39, 0.29) is 49.2 Å². The summed E-state index contributed by atoms with van der Waals surface area (Å²) in [4.78, 5) is 11.0. The minimum absolute atomic E-state index is 0. The van der Waals surface area contributed by atoms with Gasteiger partial charge in [0.1, 0.15) is 12.4 Å². The molecule has 4 heteroatoms. The van der Waals surface area contributed by atoms with E-state index in [1.165, 1.54) is 0 Å². The van der Waals surface area contributed by atoms with Crippen LogP contribution in [0, 0.1) is 0 Å². The molecule has 1 N–H and O–H groups in total. The molecule has 1 aromatic rings. The van der Waals surface area contributed by atoms with E-state index in [1.807, 2.05) is 24.3 Å². The number of rotatable bonds is 7. The molecule has 0 saturated carbocycles. The number of hydrogen-bond donors (Lipinski definition) is 1. The Morgan fingerprint density at radius 1 is 1.28 bits per heavy atom. The molecular weight excluding hydrogens is 239 g/mol. The van der Waals surface area contributed by atoms with Crippen LogP contribution in [0.5, 0.6) is 5.75 Å². The molecule has 0 bridgehead atoms. The van der Waals surface area contributed by atoms with Gasteiger partial charge in [-0.2, -0.15) is 0 Å². The Balaban J connectivity index is 0. The van der Waals surface area contributed by atoms with Crippen LogP contribution in [0.1, 0.15) is 32.8 Å². The van der Waals surface area contributed by atoms with Crippen molar-refractivity contribution in [3.63, 3.8) is 0 Å². The molecule has 0 amide bonds. The first-order chi connectivity index (χ1) is 7.76. The Hall–Kier alpha value is -0.350. The van der Waals surface area contributed by atoms with Gasteiger partial charge in [0, 0.05) is 6.42 Å². The van der Waals surface area contributed by atoms with Crippen molar-refractivity contribution in [3.8, 4) is 5.75 Å². The van der Waals surface area contributed by atoms with Crippen molar-refractivity contribution in [2.45, 2.75) is 33.6 Å². The number of unbranched alkanes of at least 4 members (excludes halogenated alkanes) is 1. The number of benzene rings is 1. The van der Waals surface area contributed by atoms with E-state index in [4.69, 9.17) is 9.84 Å². The van der Waals surface area contributed by atoms with E-state index < -0.39 is 6.61 Å². The van der Waals surface area contributed by atoms with Crippen molar-refractivity contribution in [3.05, 3.63) is 29.8 Å². The van der Waals surface area contributed by atoms with E-state index in [0.717, 1.165) is 30.8 Å². The maximum absolute atomic E-state index is 11.0. The van der Waals surface area contributed by atoms with E-state index in [2.05, 4.69) is 6.92 Å². The fraction of sp³-hybridized carbons (Fsp3) is 0.500. The van der Waals surface area contributed by atoms with Crippen LogP contribution in [-0.4, -0.2) is 24.1 Å². The maximum atomic E-state index is 11.0. The molecule has 0 unspecified atom stereocenters. The van der Waals surface area contributed by atoms with Crippen LogP contribution < -0.4 is 34.3 Å². The summed E-state index contributed by atoms with van der Waals surface area (Å²) in [5.41, 5.74) is 0.905. The third-order valence-electron chi connectivity index (χ3n) is 2.27. The fourth-order valence-electron chi connectivity index (χ4n) is 1.32. The van der Waals surface area contributed by atoms with Gasteiger partial charge in [0.25, 0.3) is 0 Å². The summed E-state index contributed by atoms with van der Waals surface area (Å²) >= 11 is 0. The minimum Gasteiger partial charge on any atom is -0.494 e. The number of hydrogen-bond acceptors (Lipinski definition) is 3. The van der Waals surface area contributed by atoms with Gasteiger partial charge in [-0.25, -0.2) is 0 Å². The number of ketones is 1. The summed E-state index contributed by atoms with van der Waals surface area (Å²) in [6, 6.07) is 7.43. The Bertz CT molecular complexity index is 322. The molecule has 0 aliphatic rings. The number of aliphatic hydroxyl groups excluding tert-OH is 1. The topological polar surface area (TPSA) is 46.5 Å². The smallest absolute Gasteiger partial charge is 0.494 e. The van der Waals surface area contributed by atoms with Gasteiger partial charge in [-0.1, -0.05) is 32.9 Å². The van der Waals surface area contributed by atoms with Gasteiger partial charge in [0.15, 0.2) is 5.78 Å². The van der Waals surface area contributed by atoms with Gasteiger partial charge in [-0.05, 0) is 24.1 Å². The van der Waals surface area contributed by atoms with Crippen LogP contribution in [0.2, 0.25) is 0 Å². The average Bonchev–Trinajstić information content (AvgIpc) is 2.31. The van der Waals surface area contributed by atoms with E-state index >= 15 is 0 Å². The van der Waals surface area contributed by atoms with Crippen molar-refractivity contribution in [1.29, 1.82) is 0 Å².